The third-order valence-electron chi connectivity index (χ3n) is 5.35. The molecule has 0 unspecified atom stereocenters. The van der Waals surface area contributed by atoms with Crippen LogP contribution in [-0.4, -0.2) is 56.3 Å². The van der Waals surface area contributed by atoms with Crippen molar-refractivity contribution >= 4 is 15.9 Å². The summed E-state index contributed by atoms with van der Waals surface area (Å²) in [5, 5.41) is 2.03. The van der Waals surface area contributed by atoms with Gasteiger partial charge in [0.25, 0.3) is 5.91 Å². The Balaban J connectivity index is 1.95. The van der Waals surface area contributed by atoms with Crippen LogP contribution in [0.5, 0.6) is 0 Å². The van der Waals surface area contributed by atoms with Crippen molar-refractivity contribution in [3.8, 4) is 0 Å². The monoisotopic (exact) mass is 396 g/mol. The first-order chi connectivity index (χ1) is 12.9. The van der Waals surface area contributed by atoms with Crippen LogP contribution in [0.15, 0.2) is 29.2 Å². The molecule has 1 atom stereocenters. The average Bonchev–Trinajstić information content (AvgIpc) is 2.96. The third kappa shape index (κ3) is 5.77. The van der Waals surface area contributed by atoms with Crippen LogP contribution in [0.3, 0.4) is 0 Å². The fourth-order valence-electron chi connectivity index (χ4n) is 3.52. The number of likely N-dealkylation sites (tertiary alicyclic amines) is 1. The molecule has 1 aromatic carbocycles. The van der Waals surface area contributed by atoms with Gasteiger partial charge < -0.3 is 10.2 Å². The minimum atomic E-state index is -3.43. The van der Waals surface area contributed by atoms with Gasteiger partial charge in [-0.15, -0.1) is 0 Å². The first-order valence-corrected chi connectivity index (χ1v) is 11.5. The van der Waals surface area contributed by atoms with E-state index in [2.05, 4.69) is 0 Å². The molecule has 2 rings (SSSR count). The van der Waals surface area contributed by atoms with Crippen LogP contribution < -0.4 is 5.32 Å². The predicted molar refractivity (Wildman–Crippen MR) is 107 cm³/mol. The van der Waals surface area contributed by atoms with Crippen molar-refractivity contribution in [1.82, 2.24) is 9.21 Å². The number of carbonyl (C=O) groups is 1. The first kappa shape index (κ1) is 21.9. The molecule has 2 N–H and O–H groups in total. The molecule has 0 bridgehead atoms. The Morgan fingerprint density at radius 2 is 1.63 bits per heavy atom. The number of quaternary nitrogens is 1. The molecule has 0 aliphatic carbocycles. The lowest BCUT2D eigenvalue weighted by molar-refractivity contribution is -0.683. The number of benzene rings is 1. The molecule has 27 heavy (non-hydrogen) atoms. The van der Waals surface area contributed by atoms with E-state index < -0.39 is 10.0 Å². The largest absolute Gasteiger partial charge is 0.338 e. The van der Waals surface area contributed by atoms with E-state index in [9.17, 15) is 13.2 Å². The van der Waals surface area contributed by atoms with Crippen molar-refractivity contribution in [1.29, 1.82) is 0 Å². The summed E-state index contributed by atoms with van der Waals surface area (Å²) in [4.78, 5) is 14.7. The summed E-state index contributed by atoms with van der Waals surface area (Å²) < 4.78 is 26.6. The number of hydrogen-bond acceptors (Lipinski definition) is 3. The van der Waals surface area contributed by atoms with E-state index in [4.69, 9.17) is 0 Å². The summed E-state index contributed by atoms with van der Waals surface area (Å²) in [5.74, 6) is 0.199. The van der Waals surface area contributed by atoms with Gasteiger partial charge in [-0.25, -0.2) is 8.42 Å². The van der Waals surface area contributed by atoms with E-state index in [1.165, 1.54) is 17.1 Å². The molecule has 1 aliphatic rings. The van der Waals surface area contributed by atoms with E-state index in [0.29, 0.717) is 24.5 Å². The van der Waals surface area contributed by atoms with Gasteiger partial charge in [-0.2, -0.15) is 4.31 Å². The molecule has 1 saturated heterocycles. The Labute approximate surface area is 164 Å². The van der Waals surface area contributed by atoms with Crippen molar-refractivity contribution in [2.75, 3.05) is 32.7 Å². The van der Waals surface area contributed by atoms with E-state index in [1.807, 2.05) is 43.1 Å². The van der Waals surface area contributed by atoms with Gasteiger partial charge in [0.15, 0.2) is 6.54 Å². The van der Waals surface area contributed by atoms with Crippen LogP contribution in [0.25, 0.3) is 0 Å². The van der Waals surface area contributed by atoms with Crippen LogP contribution in [0.1, 0.15) is 58.1 Å². The number of nitrogens with zero attached hydrogens (tertiary/aromatic N) is 2. The van der Waals surface area contributed by atoms with E-state index >= 15 is 0 Å². The maximum absolute atomic E-state index is 12.6. The summed E-state index contributed by atoms with van der Waals surface area (Å²) in [7, 11) is -3.43. The molecule has 0 spiro atoms. The van der Waals surface area contributed by atoms with Crippen LogP contribution in [0, 0.1) is 0 Å². The maximum Gasteiger partial charge on any atom is 0.277 e. The molecule has 6 nitrogen and oxygen atoms in total. The highest BCUT2D eigenvalue weighted by Crippen LogP contribution is 2.18. The molecule has 1 aliphatic heterocycles. The predicted octanol–water partition coefficient (Wildman–Crippen LogP) is 1.74. The molecule has 1 aromatic rings. The molecule has 1 amide bonds. The second kappa shape index (κ2) is 10.2. The van der Waals surface area contributed by atoms with Gasteiger partial charge in [-0.3, -0.25) is 4.79 Å². The molecular formula is C20H34N3O3S+. The van der Waals surface area contributed by atoms with E-state index in [0.717, 1.165) is 31.5 Å². The zero-order chi connectivity index (χ0) is 19.9. The third-order valence-corrected chi connectivity index (χ3v) is 7.42. The Hall–Kier alpha value is -1.44. The minimum Gasteiger partial charge on any atom is -0.338 e. The fourth-order valence-corrected chi connectivity index (χ4v) is 4.98. The lowest BCUT2D eigenvalue weighted by Gasteiger charge is -2.21. The number of nitrogens with two attached hydrogens (primary N) is 1. The smallest absolute Gasteiger partial charge is 0.277 e. The van der Waals surface area contributed by atoms with Gasteiger partial charge in [-0.05, 0) is 31.9 Å². The second-order valence-corrected chi connectivity index (χ2v) is 9.12. The summed E-state index contributed by atoms with van der Waals surface area (Å²) in [6.07, 6.45) is 4.63. The first-order valence-electron chi connectivity index (χ1n) is 10.1. The Bertz CT molecular complexity index is 692. The van der Waals surface area contributed by atoms with Crippen molar-refractivity contribution in [2.45, 2.75) is 57.4 Å². The van der Waals surface area contributed by atoms with Gasteiger partial charge in [0.1, 0.15) is 6.04 Å². The lowest BCUT2D eigenvalue weighted by atomic mass is 10.1. The van der Waals surface area contributed by atoms with Gasteiger partial charge in [0, 0.05) is 31.7 Å². The Morgan fingerprint density at radius 3 is 2.15 bits per heavy atom. The second-order valence-electron chi connectivity index (χ2n) is 7.18. The summed E-state index contributed by atoms with van der Waals surface area (Å²) in [6.45, 7) is 8.83. The van der Waals surface area contributed by atoms with E-state index in [1.54, 1.807) is 12.1 Å². The van der Waals surface area contributed by atoms with Crippen LogP contribution in [0.4, 0.5) is 0 Å². The molecule has 0 radical (unpaired) electrons. The number of hydrogen-bond donors (Lipinski definition) is 1. The van der Waals surface area contributed by atoms with Crippen molar-refractivity contribution < 1.29 is 18.5 Å². The highest BCUT2D eigenvalue weighted by molar-refractivity contribution is 7.89. The summed E-state index contributed by atoms with van der Waals surface area (Å²) in [5.41, 5.74) is 1.03. The standard InChI is InChI=1S/C20H33N3O3S/c1-4-23(5-2)27(25,26)19-12-10-18(11-13-19)17(3)21-16-20(24)22-14-8-6-7-9-15-22/h10-13,17,21H,4-9,14-16H2,1-3H3/p+1/t17-/m1/s1. The highest BCUT2D eigenvalue weighted by atomic mass is 32.2. The van der Waals surface area contributed by atoms with Crippen LogP contribution in [0.2, 0.25) is 0 Å². The molecular weight excluding hydrogens is 362 g/mol. The average molecular weight is 397 g/mol. The summed E-state index contributed by atoms with van der Waals surface area (Å²) >= 11 is 0. The lowest BCUT2D eigenvalue weighted by Crippen LogP contribution is -2.87. The van der Waals surface area contributed by atoms with E-state index in [-0.39, 0.29) is 11.9 Å². The Morgan fingerprint density at radius 1 is 1.07 bits per heavy atom. The number of sulfonamides is 1. The molecule has 7 heteroatoms. The normalized spacial score (nSPS) is 17.0. The van der Waals surface area contributed by atoms with Gasteiger partial charge in [-0.1, -0.05) is 38.8 Å². The molecule has 0 saturated carbocycles. The van der Waals surface area contributed by atoms with Crippen LogP contribution in [-0.2, 0) is 14.8 Å². The molecule has 0 aromatic heterocycles. The zero-order valence-corrected chi connectivity index (χ0v) is 17.7. The van der Waals surface area contributed by atoms with Gasteiger partial charge in [0.05, 0.1) is 4.90 Å². The number of carbonyl (C=O) groups excluding carboxylic acids is 1. The summed E-state index contributed by atoms with van der Waals surface area (Å²) in [6, 6.07) is 7.15. The Kier molecular flexibility index (Phi) is 8.26. The fraction of sp³-hybridized carbons (Fsp3) is 0.650. The molecule has 1 fully saturated rings. The van der Waals surface area contributed by atoms with Gasteiger partial charge in [0.2, 0.25) is 10.0 Å². The topological polar surface area (TPSA) is 74.3 Å². The zero-order valence-electron chi connectivity index (χ0n) is 16.9. The number of rotatable bonds is 8. The van der Waals surface area contributed by atoms with Gasteiger partial charge >= 0.3 is 0 Å². The molecule has 152 valence electrons. The maximum atomic E-state index is 12.6. The van der Waals surface area contributed by atoms with Crippen molar-refractivity contribution in [3.05, 3.63) is 29.8 Å². The van der Waals surface area contributed by atoms with Crippen molar-refractivity contribution in [2.24, 2.45) is 0 Å². The number of amides is 1. The SMILES string of the molecule is CCN(CC)S(=O)(=O)c1ccc([C@@H](C)[NH2+]CC(=O)N2CCCCCC2)cc1. The quantitative estimate of drug-likeness (QED) is 0.727. The van der Waals surface area contributed by atoms with Crippen molar-refractivity contribution in [3.63, 3.8) is 0 Å². The van der Waals surface area contributed by atoms with Crippen LogP contribution >= 0.6 is 0 Å². The highest BCUT2D eigenvalue weighted by Gasteiger charge is 2.22. The molecule has 1 heterocycles. The minimum absolute atomic E-state index is 0.103.